The van der Waals surface area contributed by atoms with Crippen LogP contribution in [0.5, 0.6) is 0 Å². The highest BCUT2D eigenvalue weighted by molar-refractivity contribution is 6.18. The number of para-hydroxylation sites is 1. The van der Waals surface area contributed by atoms with Gasteiger partial charge in [-0.1, -0.05) is 164 Å². The summed E-state index contributed by atoms with van der Waals surface area (Å²) < 4.78 is 9.25. The lowest BCUT2D eigenvalue weighted by atomic mass is 9.96. The van der Waals surface area contributed by atoms with Crippen LogP contribution in [-0.2, 0) is 0 Å². The van der Waals surface area contributed by atoms with Crippen LogP contribution in [0.2, 0.25) is 0 Å². The highest BCUT2D eigenvalue weighted by Crippen LogP contribution is 2.44. The lowest BCUT2D eigenvalue weighted by Gasteiger charge is -2.13. The molecule has 11 aromatic rings. The molecule has 5 nitrogen and oxygen atoms in total. The van der Waals surface area contributed by atoms with Gasteiger partial charge in [0, 0.05) is 44.3 Å². The molecule has 0 aliphatic heterocycles. The van der Waals surface area contributed by atoms with Crippen LogP contribution < -0.4 is 0 Å². The van der Waals surface area contributed by atoms with Crippen molar-refractivity contribution in [1.82, 2.24) is 19.5 Å². The van der Waals surface area contributed by atoms with E-state index in [1.54, 1.807) is 0 Å². The van der Waals surface area contributed by atoms with Gasteiger partial charge in [-0.25, -0.2) is 15.0 Å². The third kappa shape index (κ3) is 5.29. The zero-order valence-electron chi connectivity index (χ0n) is 30.2. The first-order valence-corrected chi connectivity index (χ1v) is 18.8. The van der Waals surface area contributed by atoms with Crippen LogP contribution in [0, 0.1) is 0 Å². The summed E-state index contributed by atoms with van der Waals surface area (Å²) in [4.78, 5) is 15.2. The van der Waals surface area contributed by atoms with Crippen LogP contribution >= 0.6 is 0 Å². The Labute approximate surface area is 322 Å². The topological polar surface area (TPSA) is 56.7 Å². The van der Waals surface area contributed by atoms with Crippen molar-refractivity contribution in [3.05, 3.63) is 194 Å². The molecule has 0 radical (unpaired) electrons. The Hall–Kier alpha value is -7.63. The van der Waals surface area contributed by atoms with E-state index in [4.69, 9.17) is 19.4 Å². The zero-order chi connectivity index (χ0) is 37.0. The fourth-order valence-corrected chi connectivity index (χ4v) is 8.08. The summed E-state index contributed by atoms with van der Waals surface area (Å²) in [5.41, 5.74) is 12.1. The highest BCUT2D eigenvalue weighted by atomic mass is 16.3. The maximum absolute atomic E-state index is 6.88. The molecule has 0 spiro atoms. The van der Waals surface area contributed by atoms with E-state index in [0.717, 1.165) is 66.5 Å². The number of nitrogens with zero attached hydrogens (tertiary/aromatic N) is 4. The highest BCUT2D eigenvalue weighted by Gasteiger charge is 2.22. The summed E-state index contributed by atoms with van der Waals surface area (Å²) in [5.74, 6) is 1.82. The summed E-state index contributed by atoms with van der Waals surface area (Å²) in [6.45, 7) is 0. The van der Waals surface area contributed by atoms with Gasteiger partial charge in [-0.05, 0) is 46.5 Å². The SMILES string of the molecule is c1ccc(-c2ccc3c4ccccc4n(-c4cc(-c5ccccc5)c5c(c4)oc4cccc(-c6nc(-c7ccccc7)nc(-c7ccccc7)n6)c45)c3c2)cc1. The standard InChI is InChI=1S/C51H32N4O/c1-5-16-33(17-6-1)37-28-29-40-39-24-13-14-26-43(39)55(44(40)30-37)38-31-42(34-18-7-2-8-19-34)48-46(32-38)56-45-27-15-25-41(47(45)48)51-53-49(35-20-9-3-10-21-35)52-50(54-51)36-22-11-4-12-23-36/h1-32H. The van der Waals surface area contributed by atoms with Crippen LogP contribution in [0.15, 0.2) is 199 Å². The third-order valence-corrected chi connectivity index (χ3v) is 10.6. The molecule has 8 aromatic carbocycles. The van der Waals surface area contributed by atoms with Gasteiger partial charge in [0.2, 0.25) is 0 Å². The second-order valence-corrected chi connectivity index (χ2v) is 14.0. The molecular weight excluding hydrogens is 685 g/mol. The van der Waals surface area contributed by atoms with Gasteiger partial charge in [-0.15, -0.1) is 0 Å². The van der Waals surface area contributed by atoms with Gasteiger partial charge in [0.25, 0.3) is 0 Å². The number of aromatic nitrogens is 4. The molecule has 0 N–H and O–H groups in total. The smallest absolute Gasteiger partial charge is 0.164 e. The third-order valence-electron chi connectivity index (χ3n) is 10.6. The Kier molecular flexibility index (Phi) is 7.42. The molecular formula is C51H32N4O. The van der Waals surface area contributed by atoms with E-state index in [9.17, 15) is 0 Å². The number of hydrogen-bond donors (Lipinski definition) is 0. The first kappa shape index (κ1) is 31.9. The first-order valence-electron chi connectivity index (χ1n) is 18.8. The van der Waals surface area contributed by atoms with Crippen molar-refractivity contribution >= 4 is 43.7 Å². The van der Waals surface area contributed by atoms with Gasteiger partial charge in [0.05, 0.1) is 16.7 Å². The average Bonchev–Trinajstić information content (AvgIpc) is 3.82. The van der Waals surface area contributed by atoms with Crippen LogP contribution in [0.4, 0.5) is 0 Å². The summed E-state index contributed by atoms with van der Waals surface area (Å²) in [6.07, 6.45) is 0. The van der Waals surface area contributed by atoms with Crippen molar-refractivity contribution in [3.8, 4) is 62.1 Å². The van der Waals surface area contributed by atoms with Crippen LogP contribution in [-0.4, -0.2) is 19.5 Å². The minimum absolute atomic E-state index is 0.588. The summed E-state index contributed by atoms with van der Waals surface area (Å²) >= 11 is 0. The van der Waals surface area contributed by atoms with E-state index in [1.165, 1.54) is 21.9 Å². The molecule has 0 aliphatic carbocycles. The Morgan fingerprint density at radius 2 is 0.893 bits per heavy atom. The van der Waals surface area contributed by atoms with Crippen molar-refractivity contribution in [1.29, 1.82) is 0 Å². The lowest BCUT2D eigenvalue weighted by molar-refractivity contribution is 0.669. The lowest BCUT2D eigenvalue weighted by Crippen LogP contribution is -2.00. The fraction of sp³-hybridized carbons (Fsp3) is 0. The van der Waals surface area contributed by atoms with Gasteiger partial charge in [0.15, 0.2) is 17.5 Å². The molecule has 262 valence electrons. The maximum atomic E-state index is 6.88. The van der Waals surface area contributed by atoms with Gasteiger partial charge in [0.1, 0.15) is 11.2 Å². The van der Waals surface area contributed by atoms with E-state index in [-0.39, 0.29) is 0 Å². The van der Waals surface area contributed by atoms with Crippen LogP contribution in [0.3, 0.4) is 0 Å². The molecule has 11 rings (SSSR count). The minimum atomic E-state index is 0.588. The van der Waals surface area contributed by atoms with E-state index >= 15 is 0 Å². The monoisotopic (exact) mass is 716 g/mol. The predicted octanol–water partition coefficient (Wildman–Crippen LogP) is 13.2. The van der Waals surface area contributed by atoms with Crippen LogP contribution in [0.25, 0.3) is 106 Å². The molecule has 3 heterocycles. The second kappa shape index (κ2) is 13.0. The molecule has 0 fully saturated rings. The minimum Gasteiger partial charge on any atom is -0.456 e. The Balaban J connectivity index is 1.20. The van der Waals surface area contributed by atoms with Crippen molar-refractivity contribution in [2.75, 3.05) is 0 Å². The Morgan fingerprint density at radius 3 is 1.57 bits per heavy atom. The number of benzene rings is 8. The summed E-state index contributed by atoms with van der Waals surface area (Å²) in [7, 11) is 0. The molecule has 0 aliphatic rings. The van der Waals surface area contributed by atoms with E-state index in [0.29, 0.717) is 17.5 Å². The zero-order valence-corrected chi connectivity index (χ0v) is 30.2. The Bertz CT molecular complexity index is 3170. The molecule has 0 bridgehead atoms. The molecule has 0 atom stereocenters. The number of fused-ring (bicyclic) bond motifs is 6. The van der Waals surface area contributed by atoms with Crippen molar-refractivity contribution in [2.24, 2.45) is 0 Å². The Morgan fingerprint density at radius 1 is 0.339 bits per heavy atom. The second-order valence-electron chi connectivity index (χ2n) is 14.0. The van der Waals surface area contributed by atoms with Gasteiger partial charge >= 0.3 is 0 Å². The fourth-order valence-electron chi connectivity index (χ4n) is 8.08. The van der Waals surface area contributed by atoms with Gasteiger partial charge < -0.3 is 8.98 Å². The average molecular weight is 717 g/mol. The first-order chi connectivity index (χ1) is 27.8. The maximum Gasteiger partial charge on any atom is 0.164 e. The van der Waals surface area contributed by atoms with E-state index in [1.807, 2.05) is 72.8 Å². The van der Waals surface area contributed by atoms with E-state index < -0.39 is 0 Å². The normalized spacial score (nSPS) is 11.6. The van der Waals surface area contributed by atoms with Crippen LogP contribution in [0.1, 0.15) is 0 Å². The van der Waals surface area contributed by atoms with Crippen molar-refractivity contribution in [3.63, 3.8) is 0 Å². The van der Waals surface area contributed by atoms with Crippen molar-refractivity contribution < 1.29 is 4.42 Å². The molecule has 5 heteroatoms. The quantitative estimate of drug-likeness (QED) is 0.172. The predicted molar refractivity (Wildman–Crippen MR) is 229 cm³/mol. The molecule has 0 saturated carbocycles. The number of hydrogen-bond acceptors (Lipinski definition) is 4. The molecule has 0 amide bonds. The van der Waals surface area contributed by atoms with Crippen molar-refractivity contribution in [2.45, 2.75) is 0 Å². The van der Waals surface area contributed by atoms with Gasteiger partial charge in [-0.3, -0.25) is 0 Å². The molecule has 3 aromatic heterocycles. The molecule has 0 saturated heterocycles. The molecule has 0 unspecified atom stereocenters. The molecule has 56 heavy (non-hydrogen) atoms. The number of rotatable bonds is 6. The number of furan rings is 1. The largest absolute Gasteiger partial charge is 0.456 e. The van der Waals surface area contributed by atoms with Gasteiger partial charge in [-0.2, -0.15) is 0 Å². The summed E-state index contributed by atoms with van der Waals surface area (Å²) in [5, 5.41) is 4.38. The van der Waals surface area contributed by atoms with E-state index in [2.05, 4.69) is 126 Å². The summed E-state index contributed by atoms with van der Waals surface area (Å²) in [6, 6.07) is 67.4.